The third-order valence-corrected chi connectivity index (χ3v) is 3.65. The standard InChI is InChI=1S/C12H12BrN3O2S/c13-8-3-1-2-4-9(8)18-5-6-19-12-15-10(14)7-11(17)16-12/h1-4,7H,5-6H2,(H3,14,15,16,17). The van der Waals surface area contributed by atoms with Gasteiger partial charge in [-0.05, 0) is 28.1 Å². The van der Waals surface area contributed by atoms with Crippen molar-refractivity contribution in [3.05, 3.63) is 45.2 Å². The van der Waals surface area contributed by atoms with Crippen LogP contribution < -0.4 is 16.0 Å². The Morgan fingerprint density at radius 2 is 2.21 bits per heavy atom. The minimum atomic E-state index is -0.248. The van der Waals surface area contributed by atoms with Crippen molar-refractivity contribution in [2.24, 2.45) is 0 Å². The van der Waals surface area contributed by atoms with Gasteiger partial charge in [-0.15, -0.1) is 0 Å². The van der Waals surface area contributed by atoms with E-state index >= 15 is 0 Å². The molecular weight excluding hydrogens is 330 g/mol. The molecule has 100 valence electrons. The summed E-state index contributed by atoms with van der Waals surface area (Å²) in [7, 11) is 0. The van der Waals surface area contributed by atoms with Crippen LogP contribution >= 0.6 is 27.7 Å². The van der Waals surface area contributed by atoms with Crippen molar-refractivity contribution in [1.82, 2.24) is 9.97 Å². The zero-order chi connectivity index (χ0) is 13.7. The Labute approximate surface area is 122 Å². The highest BCUT2D eigenvalue weighted by Crippen LogP contribution is 2.24. The number of aromatic nitrogens is 2. The topological polar surface area (TPSA) is 81.0 Å². The van der Waals surface area contributed by atoms with Gasteiger partial charge in [-0.1, -0.05) is 23.9 Å². The van der Waals surface area contributed by atoms with Crippen LogP contribution in [0.2, 0.25) is 0 Å². The number of anilines is 1. The van der Waals surface area contributed by atoms with Crippen molar-refractivity contribution < 1.29 is 4.74 Å². The van der Waals surface area contributed by atoms with E-state index in [1.165, 1.54) is 17.8 Å². The molecule has 0 atom stereocenters. The van der Waals surface area contributed by atoms with Crippen LogP contribution in [0.1, 0.15) is 0 Å². The molecule has 1 aromatic carbocycles. The summed E-state index contributed by atoms with van der Waals surface area (Å²) < 4.78 is 6.51. The van der Waals surface area contributed by atoms with E-state index in [0.717, 1.165) is 10.2 Å². The van der Waals surface area contributed by atoms with Crippen LogP contribution in [0.4, 0.5) is 5.82 Å². The maximum Gasteiger partial charge on any atom is 0.253 e. The molecular formula is C12H12BrN3O2S. The maximum absolute atomic E-state index is 11.2. The van der Waals surface area contributed by atoms with E-state index < -0.39 is 0 Å². The Kier molecular flexibility index (Phi) is 4.86. The van der Waals surface area contributed by atoms with Crippen molar-refractivity contribution in [2.45, 2.75) is 5.16 Å². The highest BCUT2D eigenvalue weighted by Gasteiger charge is 2.02. The molecule has 2 aromatic rings. The molecule has 1 aromatic heterocycles. The summed E-state index contributed by atoms with van der Waals surface area (Å²) in [6.45, 7) is 0.506. The van der Waals surface area contributed by atoms with E-state index in [9.17, 15) is 4.79 Å². The first-order valence-electron chi connectivity index (χ1n) is 5.52. The number of benzene rings is 1. The zero-order valence-electron chi connectivity index (χ0n) is 9.93. The van der Waals surface area contributed by atoms with Gasteiger partial charge in [0.05, 0.1) is 11.1 Å². The minimum Gasteiger partial charge on any atom is -0.492 e. The monoisotopic (exact) mass is 341 g/mol. The lowest BCUT2D eigenvalue weighted by Crippen LogP contribution is -2.10. The number of hydrogen-bond acceptors (Lipinski definition) is 5. The van der Waals surface area contributed by atoms with Crippen LogP contribution in [-0.2, 0) is 0 Å². The fourth-order valence-corrected chi connectivity index (χ4v) is 2.48. The summed E-state index contributed by atoms with van der Waals surface area (Å²) in [5.74, 6) is 1.67. The van der Waals surface area contributed by atoms with E-state index in [1.807, 2.05) is 24.3 Å². The fourth-order valence-electron chi connectivity index (χ4n) is 1.37. The summed E-state index contributed by atoms with van der Waals surface area (Å²) in [6.07, 6.45) is 0. The first-order chi connectivity index (χ1) is 9.15. The molecule has 7 heteroatoms. The quantitative estimate of drug-likeness (QED) is 0.495. The van der Waals surface area contributed by atoms with Gasteiger partial charge >= 0.3 is 0 Å². The van der Waals surface area contributed by atoms with Crippen molar-refractivity contribution >= 4 is 33.5 Å². The minimum absolute atomic E-state index is 0.220. The smallest absolute Gasteiger partial charge is 0.253 e. The van der Waals surface area contributed by atoms with Gasteiger partial charge in [-0.25, -0.2) is 4.98 Å². The average molecular weight is 342 g/mol. The SMILES string of the molecule is Nc1cc(=O)[nH]c(SCCOc2ccccc2Br)n1. The van der Waals surface area contributed by atoms with Crippen LogP contribution in [-0.4, -0.2) is 22.3 Å². The summed E-state index contributed by atoms with van der Waals surface area (Å²) >= 11 is 4.79. The second-order valence-electron chi connectivity index (χ2n) is 3.60. The number of para-hydroxylation sites is 1. The number of ether oxygens (including phenoxy) is 1. The fraction of sp³-hybridized carbons (Fsp3) is 0.167. The normalized spacial score (nSPS) is 10.4. The Morgan fingerprint density at radius 1 is 1.42 bits per heavy atom. The average Bonchev–Trinajstić information content (AvgIpc) is 2.35. The number of halogens is 1. The number of nitrogens with two attached hydrogens (primary N) is 1. The number of H-pyrrole nitrogens is 1. The molecule has 0 saturated carbocycles. The number of nitrogens with zero attached hydrogens (tertiary/aromatic N) is 1. The number of nitrogens with one attached hydrogen (secondary N) is 1. The third kappa shape index (κ3) is 4.29. The molecule has 2 rings (SSSR count). The Hall–Kier alpha value is -1.47. The molecule has 0 fully saturated rings. The number of nitrogen functional groups attached to an aromatic ring is 1. The van der Waals surface area contributed by atoms with E-state index in [4.69, 9.17) is 10.5 Å². The number of aromatic amines is 1. The number of thioether (sulfide) groups is 1. The predicted molar refractivity (Wildman–Crippen MR) is 79.6 cm³/mol. The zero-order valence-corrected chi connectivity index (χ0v) is 12.3. The van der Waals surface area contributed by atoms with Gasteiger partial charge in [0.25, 0.3) is 5.56 Å². The largest absolute Gasteiger partial charge is 0.492 e. The van der Waals surface area contributed by atoms with Crippen LogP contribution in [0.25, 0.3) is 0 Å². The molecule has 19 heavy (non-hydrogen) atoms. The van der Waals surface area contributed by atoms with Gasteiger partial charge in [0.1, 0.15) is 11.6 Å². The summed E-state index contributed by atoms with van der Waals surface area (Å²) in [5, 5.41) is 0.501. The first kappa shape index (κ1) is 14.0. The van der Waals surface area contributed by atoms with E-state index in [2.05, 4.69) is 25.9 Å². The van der Waals surface area contributed by atoms with E-state index in [1.54, 1.807) is 0 Å². The van der Waals surface area contributed by atoms with Crippen LogP contribution in [0, 0.1) is 0 Å². The molecule has 0 aliphatic carbocycles. The van der Waals surface area contributed by atoms with Gasteiger partial charge in [0.15, 0.2) is 5.16 Å². The predicted octanol–water partition coefficient (Wildman–Crippen LogP) is 2.29. The summed E-state index contributed by atoms with van der Waals surface area (Å²) in [4.78, 5) is 17.8. The van der Waals surface area contributed by atoms with Gasteiger partial charge < -0.3 is 15.5 Å². The highest BCUT2D eigenvalue weighted by molar-refractivity contribution is 9.10. The van der Waals surface area contributed by atoms with Crippen LogP contribution in [0.15, 0.2) is 44.8 Å². The molecule has 0 spiro atoms. The molecule has 0 radical (unpaired) electrons. The summed E-state index contributed by atoms with van der Waals surface area (Å²) in [6, 6.07) is 8.88. The molecule has 5 nitrogen and oxygen atoms in total. The molecule has 0 bridgehead atoms. The molecule has 0 aliphatic heterocycles. The highest BCUT2D eigenvalue weighted by atomic mass is 79.9. The molecule has 0 aliphatic rings. The third-order valence-electron chi connectivity index (χ3n) is 2.16. The second kappa shape index (κ2) is 6.63. The van der Waals surface area contributed by atoms with E-state index in [-0.39, 0.29) is 11.4 Å². The lowest BCUT2D eigenvalue weighted by atomic mass is 10.3. The Bertz CT molecular complexity index is 618. The van der Waals surface area contributed by atoms with Gasteiger partial charge in [-0.3, -0.25) is 4.79 Å². The lowest BCUT2D eigenvalue weighted by molar-refractivity contribution is 0.341. The molecule has 0 amide bonds. The molecule has 0 unspecified atom stereocenters. The maximum atomic E-state index is 11.2. The second-order valence-corrected chi connectivity index (χ2v) is 5.54. The van der Waals surface area contributed by atoms with Crippen molar-refractivity contribution in [3.8, 4) is 5.75 Å². The number of hydrogen-bond donors (Lipinski definition) is 2. The van der Waals surface area contributed by atoms with E-state index in [0.29, 0.717) is 17.5 Å². The van der Waals surface area contributed by atoms with Crippen molar-refractivity contribution in [2.75, 3.05) is 18.1 Å². The summed E-state index contributed by atoms with van der Waals surface area (Å²) in [5.41, 5.74) is 5.24. The van der Waals surface area contributed by atoms with Crippen molar-refractivity contribution in [3.63, 3.8) is 0 Å². The van der Waals surface area contributed by atoms with Gasteiger partial charge in [0.2, 0.25) is 0 Å². The van der Waals surface area contributed by atoms with Gasteiger partial charge in [-0.2, -0.15) is 0 Å². The Balaban J connectivity index is 1.84. The van der Waals surface area contributed by atoms with Crippen LogP contribution in [0.3, 0.4) is 0 Å². The molecule has 0 saturated heterocycles. The Morgan fingerprint density at radius 3 is 2.95 bits per heavy atom. The van der Waals surface area contributed by atoms with Gasteiger partial charge in [0, 0.05) is 11.8 Å². The lowest BCUT2D eigenvalue weighted by Gasteiger charge is -2.07. The first-order valence-corrected chi connectivity index (χ1v) is 7.30. The number of rotatable bonds is 5. The molecule has 3 N–H and O–H groups in total. The van der Waals surface area contributed by atoms with Crippen molar-refractivity contribution in [1.29, 1.82) is 0 Å². The molecule has 1 heterocycles. The van der Waals surface area contributed by atoms with Crippen LogP contribution in [0.5, 0.6) is 5.75 Å².